The zero-order chi connectivity index (χ0) is 17.7. The van der Waals surface area contributed by atoms with Crippen LogP contribution in [-0.4, -0.2) is 38.2 Å². The third kappa shape index (κ3) is 5.66. The number of hydrogen-bond acceptors (Lipinski definition) is 3. The van der Waals surface area contributed by atoms with Gasteiger partial charge in [-0.2, -0.15) is 4.39 Å². The molecule has 0 aromatic carbocycles. The van der Waals surface area contributed by atoms with Gasteiger partial charge in [0, 0.05) is 19.4 Å². The Balaban J connectivity index is 0.000000763. The maximum Gasteiger partial charge on any atom is 0.314 e. The molecular weight excluding hydrogens is 319 g/mol. The Morgan fingerprint density at radius 3 is 1.73 bits per heavy atom. The van der Waals surface area contributed by atoms with Crippen LogP contribution in [0.25, 0.3) is 0 Å². The minimum absolute atomic E-state index is 0.366. The van der Waals surface area contributed by atoms with E-state index in [1.54, 1.807) is 0 Å². The van der Waals surface area contributed by atoms with E-state index in [4.69, 9.17) is 4.74 Å². The summed E-state index contributed by atoms with van der Waals surface area (Å²) in [6.45, 7) is 17.0. The van der Waals surface area contributed by atoms with Crippen molar-refractivity contribution in [3.05, 3.63) is 32.9 Å². The summed E-state index contributed by atoms with van der Waals surface area (Å²) in [5.41, 5.74) is -1.15. The number of aromatic nitrogens is 2. The Hall–Kier alpha value is -0.996. The topological polar surface area (TPSA) is 53.2 Å². The van der Waals surface area contributed by atoms with E-state index in [1.165, 1.54) is 4.23 Å². The smallest absolute Gasteiger partial charge is 0.314 e. The van der Waals surface area contributed by atoms with Gasteiger partial charge in [-0.1, -0.05) is 39.3 Å². The summed E-state index contributed by atoms with van der Waals surface area (Å²) in [6.07, 6.45) is 1.06. The van der Waals surface area contributed by atoms with Crippen LogP contribution in [-0.2, 0) is 4.74 Å². The number of halogens is 1. The summed E-state index contributed by atoms with van der Waals surface area (Å²) in [5, 5.41) is 0. The number of ether oxygens (including phenoxy) is 1. The third-order valence-electron chi connectivity index (χ3n) is 2.85. The van der Waals surface area contributed by atoms with E-state index in [0.29, 0.717) is 0 Å². The SMILES string of the molecule is CCOCC.C[Si](C)(C)n1cc(F)c(=O)n([Si](C)(C)C)c1=O. The molecule has 0 saturated carbocycles. The average Bonchev–Trinajstić information content (AvgIpc) is 2.32. The van der Waals surface area contributed by atoms with Crippen molar-refractivity contribution in [1.82, 2.24) is 8.47 Å². The molecule has 0 aliphatic rings. The van der Waals surface area contributed by atoms with Gasteiger partial charge in [0.05, 0.1) is 0 Å². The van der Waals surface area contributed by atoms with Crippen LogP contribution in [0.4, 0.5) is 4.39 Å². The molecule has 1 aromatic rings. The Kier molecular flexibility index (Phi) is 7.66. The number of nitrogens with zero attached hydrogens (tertiary/aromatic N) is 2. The minimum Gasteiger partial charge on any atom is -0.382 e. The largest absolute Gasteiger partial charge is 0.382 e. The van der Waals surface area contributed by atoms with Crippen LogP contribution in [0.2, 0.25) is 39.3 Å². The minimum atomic E-state index is -2.21. The summed E-state index contributed by atoms with van der Waals surface area (Å²) in [7, 11) is -4.23. The van der Waals surface area contributed by atoms with Crippen molar-refractivity contribution in [3.63, 3.8) is 0 Å². The third-order valence-corrected chi connectivity index (χ3v) is 6.35. The highest BCUT2D eigenvalue weighted by Crippen LogP contribution is 2.05. The van der Waals surface area contributed by atoms with Crippen LogP contribution in [0.1, 0.15) is 13.8 Å². The lowest BCUT2D eigenvalue weighted by molar-refractivity contribution is 0.162. The summed E-state index contributed by atoms with van der Waals surface area (Å²) < 4.78 is 21.0. The predicted molar refractivity (Wildman–Crippen MR) is 94.6 cm³/mol. The van der Waals surface area contributed by atoms with E-state index in [9.17, 15) is 14.0 Å². The molecular formula is C14H29FN2O3Si2. The van der Waals surface area contributed by atoms with Crippen LogP contribution in [0.3, 0.4) is 0 Å². The van der Waals surface area contributed by atoms with Crippen molar-refractivity contribution in [1.29, 1.82) is 0 Å². The second-order valence-electron chi connectivity index (χ2n) is 6.89. The fraction of sp³-hybridized carbons (Fsp3) is 0.714. The van der Waals surface area contributed by atoms with Gasteiger partial charge in [0.25, 0.3) is 5.56 Å². The molecule has 0 fully saturated rings. The Bertz CT molecular complexity index is 596. The molecule has 0 radical (unpaired) electrons. The molecule has 1 aromatic heterocycles. The Morgan fingerprint density at radius 2 is 1.45 bits per heavy atom. The molecule has 128 valence electrons. The highest BCUT2D eigenvalue weighted by molar-refractivity contribution is 6.75. The Labute approximate surface area is 133 Å². The fourth-order valence-electron chi connectivity index (χ4n) is 1.80. The first-order valence-electron chi connectivity index (χ1n) is 7.50. The van der Waals surface area contributed by atoms with E-state index in [1.807, 2.05) is 53.1 Å². The van der Waals surface area contributed by atoms with Gasteiger partial charge >= 0.3 is 5.69 Å². The molecule has 0 atom stereocenters. The molecule has 0 unspecified atom stereocenters. The van der Waals surface area contributed by atoms with E-state index in [2.05, 4.69) is 0 Å². The van der Waals surface area contributed by atoms with Gasteiger partial charge in [0.2, 0.25) is 5.82 Å². The maximum absolute atomic E-state index is 13.6. The molecule has 8 heteroatoms. The predicted octanol–water partition coefficient (Wildman–Crippen LogP) is 2.56. The number of hydrogen-bond donors (Lipinski definition) is 0. The fourth-order valence-corrected chi connectivity index (χ4v) is 4.47. The second-order valence-corrected chi connectivity index (χ2v) is 16.5. The van der Waals surface area contributed by atoms with Crippen molar-refractivity contribution in [2.75, 3.05) is 13.2 Å². The first-order chi connectivity index (χ1) is 9.87. The molecule has 1 heterocycles. The maximum atomic E-state index is 13.6. The van der Waals surface area contributed by atoms with Crippen LogP contribution in [0.5, 0.6) is 0 Å². The standard InChI is InChI=1S/C10H19FN2O2Si2.C4H10O/c1-16(2,3)12-7-8(11)9(14)13(10(12)15)17(4,5)6;1-3-5-4-2/h7H,1-6H3;3-4H2,1-2H3. The van der Waals surface area contributed by atoms with E-state index in [-0.39, 0.29) is 5.69 Å². The highest BCUT2D eigenvalue weighted by Gasteiger charge is 2.28. The lowest BCUT2D eigenvalue weighted by Gasteiger charge is -2.25. The zero-order valence-electron chi connectivity index (χ0n) is 15.0. The van der Waals surface area contributed by atoms with E-state index in [0.717, 1.165) is 23.6 Å². The summed E-state index contributed by atoms with van der Waals surface area (Å²) in [6, 6.07) is 0. The molecule has 22 heavy (non-hydrogen) atoms. The molecule has 0 N–H and O–H groups in total. The van der Waals surface area contributed by atoms with Crippen molar-refractivity contribution in [2.24, 2.45) is 0 Å². The average molecular weight is 349 g/mol. The first-order valence-corrected chi connectivity index (χ1v) is 14.4. The van der Waals surface area contributed by atoms with Gasteiger partial charge in [-0.3, -0.25) is 9.03 Å². The van der Waals surface area contributed by atoms with Crippen molar-refractivity contribution < 1.29 is 9.13 Å². The van der Waals surface area contributed by atoms with Crippen molar-refractivity contribution >= 4 is 16.5 Å². The molecule has 5 nitrogen and oxygen atoms in total. The lowest BCUT2D eigenvalue weighted by atomic mass is 10.6. The van der Waals surface area contributed by atoms with E-state index >= 15 is 0 Å². The van der Waals surface area contributed by atoms with Crippen LogP contribution >= 0.6 is 0 Å². The monoisotopic (exact) mass is 348 g/mol. The van der Waals surface area contributed by atoms with Gasteiger partial charge in [0.1, 0.15) is 0 Å². The van der Waals surface area contributed by atoms with Gasteiger partial charge < -0.3 is 8.97 Å². The van der Waals surface area contributed by atoms with E-state index < -0.39 is 27.8 Å². The zero-order valence-corrected chi connectivity index (χ0v) is 17.0. The normalized spacial score (nSPS) is 11.9. The van der Waals surface area contributed by atoms with Gasteiger partial charge in [-0.15, -0.1) is 0 Å². The molecule has 0 aliphatic heterocycles. The van der Waals surface area contributed by atoms with Gasteiger partial charge in [0.15, 0.2) is 16.5 Å². The molecule has 0 bridgehead atoms. The molecule has 0 saturated heterocycles. The molecule has 0 aliphatic carbocycles. The molecule has 0 spiro atoms. The molecule has 0 amide bonds. The van der Waals surface area contributed by atoms with Crippen molar-refractivity contribution in [2.45, 2.75) is 53.1 Å². The van der Waals surface area contributed by atoms with Gasteiger partial charge in [-0.25, -0.2) is 4.79 Å². The quantitative estimate of drug-likeness (QED) is 0.786. The Morgan fingerprint density at radius 1 is 1.00 bits per heavy atom. The van der Waals surface area contributed by atoms with Crippen LogP contribution < -0.4 is 11.2 Å². The van der Waals surface area contributed by atoms with Crippen LogP contribution in [0.15, 0.2) is 15.8 Å². The van der Waals surface area contributed by atoms with Gasteiger partial charge in [-0.05, 0) is 13.8 Å². The second kappa shape index (κ2) is 8.02. The highest BCUT2D eigenvalue weighted by atomic mass is 28.3. The summed E-state index contributed by atoms with van der Waals surface area (Å²) in [4.78, 5) is 24.0. The lowest BCUT2D eigenvalue weighted by Crippen LogP contribution is -2.57. The summed E-state index contributed by atoms with van der Waals surface area (Å²) in [5.74, 6) is -0.838. The summed E-state index contributed by atoms with van der Waals surface area (Å²) >= 11 is 0. The van der Waals surface area contributed by atoms with Crippen molar-refractivity contribution in [3.8, 4) is 0 Å². The number of rotatable bonds is 4. The molecule has 1 rings (SSSR count). The van der Waals surface area contributed by atoms with Crippen LogP contribution in [0, 0.1) is 5.82 Å². The first kappa shape index (κ1) is 21.0.